The van der Waals surface area contributed by atoms with Crippen molar-refractivity contribution in [1.82, 2.24) is 10.3 Å². The summed E-state index contributed by atoms with van der Waals surface area (Å²) in [5, 5.41) is 11.8. The number of carbonyl (C=O) groups is 1. The third kappa shape index (κ3) is 3.12. The Morgan fingerprint density at radius 3 is 2.90 bits per heavy atom. The maximum absolute atomic E-state index is 12.1. The number of ether oxygens (including phenoxy) is 1. The maximum Gasteiger partial charge on any atom is 0.252 e. The first kappa shape index (κ1) is 13.6. The summed E-state index contributed by atoms with van der Waals surface area (Å²) in [6, 6.07) is 11.5. The van der Waals surface area contributed by atoms with Crippen molar-refractivity contribution in [2.75, 3.05) is 7.11 Å². The summed E-state index contributed by atoms with van der Waals surface area (Å²) in [6.07, 6.45) is 3.17. The second-order valence-electron chi connectivity index (χ2n) is 4.05. The van der Waals surface area contributed by atoms with Crippen molar-refractivity contribution in [2.45, 2.75) is 6.04 Å². The Labute approximate surface area is 116 Å². The van der Waals surface area contributed by atoms with E-state index in [0.717, 1.165) is 0 Å². The number of carbonyl (C=O) groups excluding carboxylic acids is 1. The molecule has 2 aromatic rings. The molecule has 2 rings (SSSR count). The minimum Gasteiger partial charge on any atom is -0.497 e. The lowest BCUT2D eigenvalue weighted by atomic mass is 10.1. The van der Waals surface area contributed by atoms with Crippen LogP contribution in [0.4, 0.5) is 0 Å². The van der Waals surface area contributed by atoms with E-state index in [1.54, 1.807) is 48.8 Å². The fourth-order valence-corrected chi connectivity index (χ4v) is 1.72. The Morgan fingerprint density at radius 2 is 2.25 bits per heavy atom. The van der Waals surface area contributed by atoms with Gasteiger partial charge >= 0.3 is 0 Å². The molecule has 1 amide bonds. The largest absolute Gasteiger partial charge is 0.497 e. The van der Waals surface area contributed by atoms with Crippen LogP contribution in [0, 0.1) is 11.3 Å². The van der Waals surface area contributed by atoms with Crippen LogP contribution < -0.4 is 10.1 Å². The first-order valence-electron chi connectivity index (χ1n) is 5.99. The van der Waals surface area contributed by atoms with Crippen molar-refractivity contribution in [3.63, 3.8) is 0 Å². The van der Waals surface area contributed by atoms with Gasteiger partial charge in [-0.15, -0.1) is 0 Å². The van der Waals surface area contributed by atoms with Crippen LogP contribution in [0.2, 0.25) is 0 Å². The number of nitrogens with one attached hydrogen (secondary N) is 1. The average Bonchev–Trinajstić information content (AvgIpc) is 2.53. The molecule has 1 aromatic carbocycles. The van der Waals surface area contributed by atoms with Gasteiger partial charge < -0.3 is 10.1 Å². The van der Waals surface area contributed by atoms with Crippen molar-refractivity contribution >= 4 is 5.91 Å². The summed E-state index contributed by atoms with van der Waals surface area (Å²) < 4.78 is 5.07. The molecule has 1 aromatic heterocycles. The fraction of sp³-hybridized carbons (Fsp3) is 0.133. The summed E-state index contributed by atoms with van der Waals surface area (Å²) in [4.78, 5) is 16.1. The molecular weight excluding hydrogens is 254 g/mol. The summed E-state index contributed by atoms with van der Waals surface area (Å²) in [6.45, 7) is 0. The van der Waals surface area contributed by atoms with Gasteiger partial charge in [-0.05, 0) is 24.3 Å². The normalized spacial score (nSPS) is 11.2. The summed E-state index contributed by atoms with van der Waals surface area (Å²) in [5.41, 5.74) is 1.08. The topological polar surface area (TPSA) is 75.0 Å². The Morgan fingerprint density at radius 1 is 1.40 bits per heavy atom. The van der Waals surface area contributed by atoms with Gasteiger partial charge in [0.05, 0.1) is 13.2 Å². The predicted molar refractivity (Wildman–Crippen MR) is 73.1 cm³/mol. The Balaban J connectivity index is 2.16. The number of nitrogens with zero attached hydrogens (tertiary/aromatic N) is 2. The molecule has 1 unspecified atom stereocenters. The van der Waals surface area contributed by atoms with Crippen LogP contribution in [-0.4, -0.2) is 18.0 Å². The number of methoxy groups -OCH3 is 1. The molecule has 0 aliphatic heterocycles. The third-order valence-corrected chi connectivity index (χ3v) is 2.75. The smallest absolute Gasteiger partial charge is 0.252 e. The van der Waals surface area contributed by atoms with E-state index in [2.05, 4.69) is 10.3 Å². The highest BCUT2D eigenvalue weighted by Gasteiger charge is 2.15. The van der Waals surface area contributed by atoms with Crippen molar-refractivity contribution in [1.29, 1.82) is 5.26 Å². The molecule has 1 heterocycles. The number of rotatable bonds is 4. The molecule has 0 aliphatic rings. The minimum absolute atomic E-state index is 0.334. The first-order chi connectivity index (χ1) is 9.74. The van der Waals surface area contributed by atoms with E-state index in [9.17, 15) is 4.79 Å². The SMILES string of the molecule is COc1cccc(C(=O)NC(C#N)c2cccnc2)c1. The van der Waals surface area contributed by atoms with Crippen molar-refractivity contribution in [3.05, 3.63) is 59.9 Å². The number of pyridine rings is 1. The first-order valence-corrected chi connectivity index (χ1v) is 5.99. The second-order valence-corrected chi connectivity index (χ2v) is 4.05. The predicted octanol–water partition coefficient (Wildman–Crippen LogP) is 2.08. The number of aromatic nitrogens is 1. The Hall–Kier alpha value is -2.87. The van der Waals surface area contributed by atoms with Crippen LogP contribution >= 0.6 is 0 Å². The molecule has 5 heteroatoms. The van der Waals surface area contributed by atoms with Gasteiger partial charge in [-0.1, -0.05) is 12.1 Å². The fourth-order valence-electron chi connectivity index (χ4n) is 1.72. The van der Waals surface area contributed by atoms with Gasteiger partial charge in [0.25, 0.3) is 5.91 Å². The maximum atomic E-state index is 12.1. The molecule has 0 saturated carbocycles. The van der Waals surface area contributed by atoms with E-state index >= 15 is 0 Å². The van der Waals surface area contributed by atoms with Gasteiger partial charge in [-0.3, -0.25) is 9.78 Å². The highest BCUT2D eigenvalue weighted by molar-refractivity contribution is 5.95. The zero-order chi connectivity index (χ0) is 14.4. The molecule has 100 valence electrons. The van der Waals surface area contributed by atoms with E-state index in [1.807, 2.05) is 6.07 Å². The molecular formula is C15H13N3O2. The van der Waals surface area contributed by atoms with Crippen LogP contribution in [-0.2, 0) is 0 Å². The Kier molecular flexibility index (Phi) is 4.30. The van der Waals surface area contributed by atoms with Crippen LogP contribution in [0.5, 0.6) is 5.75 Å². The monoisotopic (exact) mass is 267 g/mol. The molecule has 0 saturated heterocycles. The van der Waals surface area contributed by atoms with E-state index in [1.165, 1.54) is 7.11 Å². The van der Waals surface area contributed by atoms with Gasteiger partial charge in [0, 0.05) is 23.5 Å². The molecule has 0 bridgehead atoms. The van der Waals surface area contributed by atoms with E-state index in [4.69, 9.17) is 10.00 Å². The summed E-state index contributed by atoms with van der Waals surface area (Å²) in [7, 11) is 1.53. The third-order valence-electron chi connectivity index (χ3n) is 2.75. The second kappa shape index (κ2) is 6.34. The highest BCUT2D eigenvalue weighted by Crippen LogP contribution is 2.15. The zero-order valence-corrected chi connectivity index (χ0v) is 10.9. The lowest BCUT2D eigenvalue weighted by Gasteiger charge is -2.12. The van der Waals surface area contributed by atoms with Gasteiger partial charge in [0.2, 0.25) is 0 Å². The standard InChI is InChI=1S/C15H13N3O2/c1-20-13-6-2-4-11(8-13)15(19)18-14(9-16)12-5-3-7-17-10-12/h2-8,10,14H,1H3,(H,18,19). The molecule has 0 spiro atoms. The number of nitriles is 1. The Bertz CT molecular complexity index is 635. The van der Waals surface area contributed by atoms with Crippen molar-refractivity contribution in [3.8, 4) is 11.8 Å². The average molecular weight is 267 g/mol. The number of hydrogen-bond donors (Lipinski definition) is 1. The molecule has 0 radical (unpaired) electrons. The van der Waals surface area contributed by atoms with Gasteiger partial charge in [-0.25, -0.2) is 0 Å². The number of hydrogen-bond acceptors (Lipinski definition) is 4. The van der Waals surface area contributed by atoms with Crippen LogP contribution in [0.3, 0.4) is 0 Å². The number of benzene rings is 1. The molecule has 0 fully saturated rings. The molecule has 1 atom stereocenters. The summed E-state index contributed by atoms with van der Waals surface area (Å²) >= 11 is 0. The van der Waals surface area contributed by atoms with E-state index < -0.39 is 6.04 Å². The molecule has 1 N–H and O–H groups in total. The van der Waals surface area contributed by atoms with Crippen LogP contribution in [0.15, 0.2) is 48.8 Å². The number of amides is 1. The zero-order valence-electron chi connectivity index (χ0n) is 10.9. The van der Waals surface area contributed by atoms with E-state index in [0.29, 0.717) is 16.9 Å². The van der Waals surface area contributed by atoms with Crippen LogP contribution in [0.25, 0.3) is 0 Å². The molecule has 20 heavy (non-hydrogen) atoms. The summed E-state index contributed by atoms with van der Waals surface area (Å²) in [5.74, 6) is 0.256. The van der Waals surface area contributed by atoms with Gasteiger partial charge in [0.1, 0.15) is 11.8 Å². The van der Waals surface area contributed by atoms with Gasteiger partial charge in [0.15, 0.2) is 0 Å². The van der Waals surface area contributed by atoms with E-state index in [-0.39, 0.29) is 5.91 Å². The van der Waals surface area contributed by atoms with Crippen LogP contribution in [0.1, 0.15) is 22.0 Å². The van der Waals surface area contributed by atoms with Crippen molar-refractivity contribution < 1.29 is 9.53 Å². The lowest BCUT2D eigenvalue weighted by Crippen LogP contribution is -2.27. The highest BCUT2D eigenvalue weighted by atomic mass is 16.5. The van der Waals surface area contributed by atoms with Gasteiger partial charge in [-0.2, -0.15) is 5.26 Å². The quantitative estimate of drug-likeness (QED) is 0.920. The van der Waals surface area contributed by atoms with Crippen molar-refractivity contribution in [2.24, 2.45) is 0 Å². The lowest BCUT2D eigenvalue weighted by molar-refractivity contribution is 0.0945. The molecule has 0 aliphatic carbocycles. The minimum atomic E-state index is -0.734. The molecule has 5 nitrogen and oxygen atoms in total.